The third-order valence-corrected chi connectivity index (χ3v) is 19.5. The summed E-state index contributed by atoms with van der Waals surface area (Å²) in [6, 6.07) is 12.0. The number of aromatic nitrogens is 10. The predicted molar refractivity (Wildman–Crippen MR) is 398 cm³/mol. The van der Waals surface area contributed by atoms with Crippen molar-refractivity contribution in [2.75, 3.05) is 69.1 Å². The van der Waals surface area contributed by atoms with Crippen molar-refractivity contribution >= 4 is 163 Å². The van der Waals surface area contributed by atoms with E-state index in [0.29, 0.717) is 57.9 Å². The number of aliphatic carboxylic acids is 1. The summed E-state index contributed by atoms with van der Waals surface area (Å²) in [7, 11) is 1.54. The molecule has 1 aromatic carbocycles. The normalized spacial score (nSPS) is 16.9. The number of pyridine rings is 2. The number of carbonyl (C=O) groups excluding carboxylic acids is 9. The fourth-order valence-electron chi connectivity index (χ4n) is 11.0. The van der Waals surface area contributed by atoms with E-state index in [1.54, 1.807) is 142 Å². The molecule has 0 saturated carbocycles. The predicted octanol–water partition coefficient (Wildman–Crippen LogP) is -3.88. The van der Waals surface area contributed by atoms with Crippen LogP contribution in [0.25, 0.3) is 22.3 Å². The Bertz CT molecular complexity index is 4790. The minimum absolute atomic E-state index is 0. The molecule has 11 rings (SSSR count). The lowest BCUT2D eigenvalue weighted by Gasteiger charge is -2.50. The number of ether oxygens (including phenoxy) is 4. The van der Waals surface area contributed by atoms with Gasteiger partial charge in [0.15, 0.2) is 5.13 Å². The second-order valence-corrected chi connectivity index (χ2v) is 29.6. The smallest absolute Gasteiger partial charge is 0.414 e. The van der Waals surface area contributed by atoms with Crippen LogP contribution < -0.4 is 86.1 Å². The van der Waals surface area contributed by atoms with Crippen LogP contribution in [0.2, 0.25) is 0 Å². The highest BCUT2D eigenvalue weighted by Gasteiger charge is 2.56. The summed E-state index contributed by atoms with van der Waals surface area (Å²) in [4.78, 5) is 152. The Hall–Kier alpha value is -10.4. The molecule has 4 aliphatic rings. The summed E-state index contributed by atoms with van der Waals surface area (Å²) < 4.78 is 36.5. The first kappa shape index (κ1) is 86.2. The molecule has 111 heavy (non-hydrogen) atoms. The summed E-state index contributed by atoms with van der Waals surface area (Å²) in [5.41, 5.74) is 12.7. The summed E-state index contributed by atoms with van der Waals surface area (Å²) >= 11 is 4.27. The molecule has 39 nitrogen and oxygen atoms in total. The number of methoxy groups -OCH3 is 1. The third-order valence-electron chi connectivity index (χ3n) is 15.7. The first-order chi connectivity index (χ1) is 52.1. The van der Waals surface area contributed by atoms with Crippen molar-refractivity contribution in [2.45, 2.75) is 122 Å². The number of amides is 7. The molecule has 9 N–H and O–H groups in total. The number of carboxylic acids is 1. The number of nitrogens with zero attached hydrogens (tertiary/aromatic N) is 15. The number of imidazole rings is 2. The van der Waals surface area contributed by atoms with Gasteiger partial charge in [-0.1, -0.05) is 43.2 Å². The minimum Gasteiger partial charge on any atom is -1.00 e. The van der Waals surface area contributed by atoms with Gasteiger partial charge in [0.1, 0.15) is 103 Å². The molecule has 2 saturated heterocycles. The standard InChI is InChI=1S/C42H51N11O11S2.C24H27N11O6S2.ClH.HI/c1-9-62-49-29(32-47-38(66-50-32)48-40(59)64-42(5,6)7)34(55)46-30-35(56)53-31(37(57)61-21-24-12-14-26(60-8)15-13-24)25(22-65-36(30)53)19-51-18-10-11-27-33(51)45-23-52(27)20-28(54)43-16-17-44-39(58)63-41(2,3)4;1-2-41-31-15(18-30-24(26)43-32-18)20(37)29-16-21(38)35-17(23(39)40)12(10-42-22(16)35)8-33-7-3-4-13-19(33)28-11-34(13)9-14(36)27-6-5-25;;/h10-15,18,23,30,36H,9,16-17,19-22H2,1-8H3,(H3-,43,44,46,47,48,50,54,55,58,59);3-4,7,11,16,22H,2,5-6,8-10,25H2,1H3,(H4-,26,27,29,30,32,36,37,39,40);2*1H/p-1/b49-29-;31-15-;;. The van der Waals surface area contributed by atoms with Crippen molar-refractivity contribution in [1.82, 2.24) is 68.9 Å². The molecule has 0 radical (unpaired) electrons. The first-order valence-electron chi connectivity index (χ1n) is 33.7. The van der Waals surface area contributed by atoms with Gasteiger partial charge in [0.2, 0.25) is 52.7 Å². The Morgan fingerprint density at radius 3 is 1.68 bits per heavy atom. The van der Waals surface area contributed by atoms with Crippen LogP contribution in [0.5, 0.6) is 5.75 Å². The van der Waals surface area contributed by atoms with Gasteiger partial charge in [0.05, 0.1) is 37.7 Å². The van der Waals surface area contributed by atoms with E-state index in [9.17, 15) is 53.4 Å². The van der Waals surface area contributed by atoms with E-state index in [4.69, 9.17) is 40.1 Å². The van der Waals surface area contributed by atoms with Crippen LogP contribution in [0.15, 0.2) is 111 Å². The Labute approximate surface area is 673 Å². The second-order valence-electron chi connectivity index (χ2n) is 25.8. The van der Waals surface area contributed by atoms with Crippen molar-refractivity contribution in [3.05, 3.63) is 113 Å². The molecule has 7 aromatic rings. The van der Waals surface area contributed by atoms with E-state index in [0.717, 1.165) is 28.0 Å². The molecule has 0 aliphatic carbocycles. The molecule has 0 bridgehead atoms. The van der Waals surface area contributed by atoms with Crippen LogP contribution in [0, 0.1) is 0 Å². The van der Waals surface area contributed by atoms with Crippen LogP contribution >= 0.6 is 59.0 Å². The van der Waals surface area contributed by atoms with E-state index in [-0.39, 0.29) is 164 Å². The summed E-state index contributed by atoms with van der Waals surface area (Å²) in [6.07, 6.45) is 5.05. The van der Waals surface area contributed by atoms with Gasteiger partial charge in [0, 0.05) is 71.0 Å². The number of hydrogen-bond donors (Lipinski definition) is 7. The van der Waals surface area contributed by atoms with E-state index < -0.39 is 81.8 Å². The summed E-state index contributed by atoms with van der Waals surface area (Å²) in [5, 5.41) is 43.8. The minimum atomic E-state index is -1.52. The lowest BCUT2D eigenvalue weighted by molar-refractivity contribution is -0.665. The van der Waals surface area contributed by atoms with Crippen LogP contribution in [-0.2, 0) is 95.0 Å². The number of rotatable bonds is 29. The molecule has 594 valence electrons. The van der Waals surface area contributed by atoms with Gasteiger partial charge in [-0.05, 0) is 86.5 Å². The summed E-state index contributed by atoms with van der Waals surface area (Å²) in [5.74, 6) is -4.75. The Kier molecular flexibility index (Phi) is 29.9. The molecular formula is C66H79ClIN22O17S4-. The topological polar surface area (TPSA) is 506 Å². The molecule has 7 amide bonds. The maximum absolute atomic E-state index is 14.1. The highest BCUT2D eigenvalue weighted by Crippen LogP contribution is 2.42. The van der Waals surface area contributed by atoms with Gasteiger partial charge in [-0.25, -0.2) is 18.7 Å². The van der Waals surface area contributed by atoms with Crippen molar-refractivity contribution < 1.29 is 115 Å². The Morgan fingerprint density at radius 1 is 0.694 bits per heavy atom. The number of nitrogens with two attached hydrogens (primary N) is 2. The van der Waals surface area contributed by atoms with Crippen LogP contribution in [0.4, 0.5) is 15.1 Å². The van der Waals surface area contributed by atoms with Gasteiger partial charge in [-0.2, -0.15) is 18.7 Å². The average molecular weight is 1740 g/mol. The number of thioether (sulfide) groups is 2. The van der Waals surface area contributed by atoms with Gasteiger partial charge >= 0.3 is 23.4 Å². The monoisotopic (exact) mass is 1740 g/mol. The Morgan fingerprint density at radius 2 is 1.20 bits per heavy atom. The van der Waals surface area contributed by atoms with Gasteiger partial charge < -0.3 is 100 Å². The fourth-order valence-corrected chi connectivity index (χ4v) is 14.7. The van der Waals surface area contributed by atoms with Crippen molar-refractivity contribution in [1.29, 1.82) is 0 Å². The quantitative estimate of drug-likeness (QED) is 0.00345. The van der Waals surface area contributed by atoms with E-state index in [2.05, 4.69) is 70.6 Å². The molecular weight excluding hydrogens is 1660 g/mol. The zero-order chi connectivity index (χ0) is 78.4. The number of oxime groups is 2. The number of carboxylic acid groups (broad SMARTS) is 1. The highest BCUT2D eigenvalue weighted by molar-refractivity contribution is 8.00. The number of anilines is 2. The molecule has 2 fully saturated rings. The molecule has 4 unspecified atom stereocenters. The molecule has 0 spiro atoms. The van der Waals surface area contributed by atoms with Crippen molar-refractivity contribution in [3.63, 3.8) is 0 Å². The Balaban J connectivity index is 0.000000297. The maximum Gasteiger partial charge on any atom is 0.414 e. The largest absolute Gasteiger partial charge is 1.00 e. The number of benzene rings is 1. The average Bonchev–Trinajstić information content (AvgIpc) is 1.73. The van der Waals surface area contributed by atoms with Gasteiger partial charge in [0.25, 0.3) is 23.6 Å². The second kappa shape index (κ2) is 38.5. The lowest BCUT2D eigenvalue weighted by atomic mass is 10.0. The van der Waals surface area contributed by atoms with E-state index >= 15 is 0 Å². The number of halogens is 2. The first-order valence-corrected chi connectivity index (χ1v) is 37.3. The van der Waals surface area contributed by atoms with Gasteiger partial charge in [-0.15, -0.1) is 35.9 Å². The molecule has 6 aromatic heterocycles. The molecule has 4 aliphatic heterocycles. The van der Waals surface area contributed by atoms with Crippen LogP contribution in [0.1, 0.15) is 72.6 Å². The zero-order valence-electron chi connectivity index (χ0n) is 61.2. The summed E-state index contributed by atoms with van der Waals surface area (Å²) in [6.45, 7) is 14.8. The third kappa shape index (κ3) is 21.6. The lowest BCUT2D eigenvalue weighted by Crippen LogP contribution is -3.00. The van der Waals surface area contributed by atoms with Crippen LogP contribution in [0.3, 0.4) is 0 Å². The number of fused-ring (bicyclic) bond motifs is 4. The van der Waals surface area contributed by atoms with E-state index in [1.165, 1.54) is 41.1 Å². The number of nitrogen functional groups attached to an aromatic ring is 1. The molecule has 4 atom stereocenters. The van der Waals surface area contributed by atoms with Gasteiger partial charge in [-0.3, -0.25) is 58.0 Å². The van der Waals surface area contributed by atoms with Crippen molar-refractivity contribution in [3.8, 4) is 5.75 Å². The number of hydrogen-bond acceptors (Lipinski definition) is 32. The molecule has 45 heteroatoms. The van der Waals surface area contributed by atoms with Crippen molar-refractivity contribution in [2.24, 2.45) is 21.0 Å². The van der Waals surface area contributed by atoms with Crippen LogP contribution in [-0.4, -0.2) is 211 Å². The number of aliphatic imine (C=N–C) groups is 1. The van der Waals surface area contributed by atoms with E-state index in [1.807, 2.05) is 0 Å². The number of esters is 1. The number of β-lactam (4-membered cyclic amide) rings is 2. The zero-order valence-corrected chi connectivity index (χ0v) is 67.4. The SMILES string of the molecule is CCO/N=C(\C(=O)NC1C(=O)N2C(C(=O)OCc3ccc(OC)cc3)=C(C[n+]3cccc4c3ncn4CC(=O)NCCN=C([O-])OC(C)(C)C)CSC12)c1nsc(NC(=O)OC(C)(C)C)n1.CCO/N=C(\C(=O)NC1C(=O)N2C(C(=O)[O-])=C(C[n+]3cccc4c3ncn4CC(=O)NCCN)CSC12)c1nsc(N)n1.Cl.[I-]. The molecule has 10 heterocycles. The number of nitrogens with one attached hydrogen (secondary N) is 5. The number of carbonyl (C=O) groups is 9. The highest BCUT2D eigenvalue weighted by atomic mass is 127. The fraction of sp³-hybridized carbons (Fsp3) is 0.424. The maximum atomic E-state index is 14.1.